The molecule has 2 rings (SSSR count). The van der Waals surface area contributed by atoms with Crippen LogP contribution in [0.1, 0.15) is 38.5 Å². The van der Waals surface area contributed by atoms with Gasteiger partial charge in [-0.2, -0.15) is 0 Å². The first-order valence-electron chi connectivity index (χ1n) is 7.38. The smallest absolute Gasteiger partial charge is 0.306 e. The molecule has 1 heterocycles. The maximum absolute atomic E-state index is 12.0. The number of likely N-dealkylation sites (tertiary alicyclic amines) is 1. The molecule has 2 N–H and O–H groups in total. The Morgan fingerprint density at radius 3 is 2.32 bits per heavy atom. The molecule has 2 aliphatic rings. The third kappa shape index (κ3) is 4.20. The van der Waals surface area contributed by atoms with Crippen molar-refractivity contribution in [3.63, 3.8) is 0 Å². The number of hydrogen-bond donors (Lipinski definition) is 2. The van der Waals surface area contributed by atoms with E-state index in [0.717, 1.165) is 12.5 Å². The van der Waals surface area contributed by atoms with Crippen LogP contribution in [-0.2, 0) is 9.59 Å². The Morgan fingerprint density at radius 1 is 1.11 bits per heavy atom. The molecule has 0 spiro atoms. The van der Waals surface area contributed by atoms with Crippen molar-refractivity contribution in [1.29, 1.82) is 0 Å². The number of nitrogens with one attached hydrogen (secondary N) is 1. The second-order valence-electron chi connectivity index (χ2n) is 5.77. The summed E-state index contributed by atoms with van der Waals surface area (Å²) < 4.78 is 0. The van der Waals surface area contributed by atoms with Crippen molar-refractivity contribution in [2.75, 3.05) is 26.2 Å². The zero-order valence-electron chi connectivity index (χ0n) is 11.4. The van der Waals surface area contributed by atoms with Crippen LogP contribution >= 0.6 is 0 Å². The van der Waals surface area contributed by atoms with Crippen LogP contribution in [0, 0.1) is 11.8 Å². The summed E-state index contributed by atoms with van der Waals surface area (Å²) in [7, 11) is 0. The molecule has 1 aliphatic heterocycles. The second kappa shape index (κ2) is 6.89. The maximum Gasteiger partial charge on any atom is 0.306 e. The number of carbonyl (C=O) groups is 2. The summed E-state index contributed by atoms with van der Waals surface area (Å²) in [6.45, 7) is 2.51. The highest BCUT2D eigenvalue weighted by Gasteiger charge is 2.26. The van der Waals surface area contributed by atoms with Gasteiger partial charge < -0.3 is 15.3 Å². The van der Waals surface area contributed by atoms with Crippen LogP contribution in [0.2, 0.25) is 0 Å². The molecule has 0 aromatic heterocycles. The van der Waals surface area contributed by atoms with E-state index in [-0.39, 0.29) is 11.8 Å². The highest BCUT2D eigenvalue weighted by molar-refractivity contribution is 5.78. The first-order valence-corrected chi connectivity index (χ1v) is 7.38. The molecule has 0 unspecified atom stereocenters. The number of nitrogens with zero attached hydrogens (tertiary/aromatic N) is 1. The van der Waals surface area contributed by atoms with Crippen molar-refractivity contribution >= 4 is 11.9 Å². The van der Waals surface area contributed by atoms with Crippen LogP contribution < -0.4 is 5.32 Å². The van der Waals surface area contributed by atoms with E-state index in [9.17, 15) is 9.59 Å². The van der Waals surface area contributed by atoms with Crippen LogP contribution in [0.5, 0.6) is 0 Å². The molecule has 2 fully saturated rings. The van der Waals surface area contributed by atoms with Gasteiger partial charge in [-0.15, -0.1) is 0 Å². The minimum Gasteiger partial charge on any atom is -0.481 e. The van der Waals surface area contributed by atoms with Crippen molar-refractivity contribution in [1.82, 2.24) is 10.2 Å². The summed E-state index contributed by atoms with van der Waals surface area (Å²) >= 11 is 0. The number of rotatable bonds is 5. The second-order valence-corrected chi connectivity index (χ2v) is 5.77. The molecule has 5 heteroatoms. The van der Waals surface area contributed by atoms with Gasteiger partial charge in [0.2, 0.25) is 5.91 Å². The Kier molecular flexibility index (Phi) is 5.19. The molecule has 5 nitrogen and oxygen atoms in total. The SMILES string of the molecule is O=C(O)C1CCN(C(=O)CNCC2CCCC2)CC1. The van der Waals surface area contributed by atoms with Gasteiger partial charge in [0.15, 0.2) is 0 Å². The average Bonchev–Trinajstić information content (AvgIpc) is 2.92. The molecular formula is C14H24N2O3. The number of amides is 1. The fourth-order valence-corrected chi connectivity index (χ4v) is 3.09. The standard InChI is InChI=1S/C14H24N2O3/c17-13(10-15-9-11-3-1-2-4-11)16-7-5-12(6-8-16)14(18)19/h11-12,15H,1-10H2,(H,18,19). The van der Waals surface area contributed by atoms with Crippen LogP contribution in [0.25, 0.3) is 0 Å². The first-order chi connectivity index (χ1) is 9.16. The predicted molar refractivity (Wildman–Crippen MR) is 71.8 cm³/mol. The Labute approximate surface area is 114 Å². The first kappa shape index (κ1) is 14.3. The molecule has 1 saturated heterocycles. The Hall–Kier alpha value is -1.10. The maximum atomic E-state index is 12.0. The normalized spacial score (nSPS) is 21.8. The summed E-state index contributed by atoms with van der Waals surface area (Å²) in [6.07, 6.45) is 6.38. The van der Waals surface area contributed by atoms with Crippen LogP contribution in [0.15, 0.2) is 0 Å². The van der Waals surface area contributed by atoms with E-state index in [2.05, 4.69) is 5.32 Å². The Balaban J connectivity index is 1.62. The third-order valence-corrected chi connectivity index (χ3v) is 4.38. The Bertz CT molecular complexity index is 319. The van der Waals surface area contributed by atoms with Gasteiger partial charge in [0.25, 0.3) is 0 Å². The quantitative estimate of drug-likeness (QED) is 0.783. The van der Waals surface area contributed by atoms with Crippen LogP contribution in [0.3, 0.4) is 0 Å². The topological polar surface area (TPSA) is 69.6 Å². The largest absolute Gasteiger partial charge is 0.481 e. The van der Waals surface area contributed by atoms with Gasteiger partial charge in [-0.05, 0) is 38.1 Å². The molecule has 1 aliphatic carbocycles. The number of piperidine rings is 1. The summed E-state index contributed by atoms with van der Waals surface area (Å²) in [6, 6.07) is 0. The lowest BCUT2D eigenvalue weighted by Gasteiger charge is -2.30. The van der Waals surface area contributed by atoms with Gasteiger partial charge in [0.05, 0.1) is 12.5 Å². The van der Waals surface area contributed by atoms with Gasteiger partial charge in [0, 0.05) is 13.1 Å². The van der Waals surface area contributed by atoms with Crippen LogP contribution in [0.4, 0.5) is 0 Å². The van der Waals surface area contributed by atoms with E-state index in [4.69, 9.17) is 5.11 Å². The van der Waals surface area contributed by atoms with E-state index >= 15 is 0 Å². The zero-order chi connectivity index (χ0) is 13.7. The van der Waals surface area contributed by atoms with E-state index in [1.54, 1.807) is 4.90 Å². The van der Waals surface area contributed by atoms with E-state index in [0.29, 0.717) is 32.5 Å². The lowest BCUT2D eigenvalue weighted by Crippen LogP contribution is -2.44. The van der Waals surface area contributed by atoms with Crippen molar-refractivity contribution < 1.29 is 14.7 Å². The van der Waals surface area contributed by atoms with Crippen molar-refractivity contribution in [3.05, 3.63) is 0 Å². The van der Waals surface area contributed by atoms with Gasteiger partial charge in [-0.25, -0.2) is 0 Å². The molecule has 108 valence electrons. The minimum absolute atomic E-state index is 0.113. The lowest BCUT2D eigenvalue weighted by atomic mass is 9.97. The van der Waals surface area contributed by atoms with E-state index < -0.39 is 5.97 Å². The Morgan fingerprint density at radius 2 is 1.74 bits per heavy atom. The van der Waals surface area contributed by atoms with Crippen molar-refractivity contribution in [2.24, 2.45) is 11.8 Å². The highest BCUT2D eigenvalue weighted by Crippen LogP contribution is 2.23. The number of carbonyl (C=O) groups excluding carboxylic acids is 1. The number of hydrogen-bond acceptors (Lipinski definition) is 3. The third-order valence-electron chi connectivity index (χ3n) is 4.38. The summed E-state index contributed by atoms with van der Waals surface area (Å²) in [5, 5.41) is 12.2. The van der Waals surface area contributed by atoms with Crippen molar-refractivity contribution in [2.45, 2.75) is 38.5 Å². The van der Waals surface area contributed by atoms with Gasteiger partial charge in [0.1, 0.15) is 0 Å². The van der Waals surface area contributed by atoms with Gasteiger partial charge in [-0.3, -0.25) is 9.59 Å². The monoisotopic (exact) mass is 268 g/mol. The molecule has 19 heavy (non-hydrogen) atoms. The molecule has 0 atom stereocenters. The molecule has 1 saturated carbocycles. The summed E-state index contributed by atoms with van der Waals surface area (Å²) in [5.41, 5.74) is 0. The van der Waals surface area contributed by atoms with E-state index in [1.807, 2.05) is 0 Å². The minimum atomic E-state index is -0.730. The number of aliphatic carboxylic acids is 1. The zero-order valence-corrected chi connectivity index (χ0v) is 11.4. The molecule has 0 aromatic rings. The van der Waals surface area contributed by atoms with Gasteiger partial charge >= 0.3 is 5.97 Å². The predicted octanol–water partition coefficient (Wildman–Crippen LogP) is 1.09. The fourth-order valence-electron chi connectivity index (χ4n) is 3.09. The molecule has 1 amide bonds. The molecule has 0 aromatic carbocycles. The summed E-state index contributed by atoms with van der Waals surface area (Å²) in [5.74, 6) is -0.144. The average molecular weight is 268 g/mol. The summed E-state index contributed by atoms with van der Waals surface area (Å²) in [4.78, 5) is 24.6. The van der Waals surface area contributed by atoms with Gasteiger partial charge in [-0.1, -0.05) is 12.8 Å². The molecule has 0 bridgehead atoms. The van der Waals surface area contributed by atoms with E-state index in [1.165, 1.54) is 25.7 Å². The fraction of sp³-hybridized carbons (Fsp3) is 0.857. The molecular weight excluding hydrogens is 244 g/mol. The van der Waals surface area contributed by atoms with Crippen molar-refractivity contribution in [3.8, 4) is 0 Å². The highest BCUT2D eigenvalue weighted by atomic mass is 16.4. The molecule has 0 radical (unpaired) electrons. The van der Waals surface area contributed by atoms with Crippen LogP contribution in [-0.4, -0.2) is 48.1 Å². The number of carboxylic acids is 1. The lowest BCUT2D eigenvalue weighted by molar-refractivity contribution is -0.145. The number of carboxylic acid groups (broad SMARTS) is 1.